The van der Waals surface area contributed by atoms with E-state index in [-0.39, 0.29) is 6.04 Å². The lowest BCUT2D eigenvalue weighted by atomic mass is 9.97. The molecule has 0 aromatic heterocycles. The molecule has 21 heavy (non-hydrogen) atoms. The van der Waals surface area contributed by atoms with Gasteiger partial charge in [0.1, 0.15) is 11.5 Å². The molecule has 0 saturated carbocycles. The molecule has 0 saturated heterocycles. The first kappa shape index (κ1) is 15.4. The van der Waals surface area contributed by atoms with Crippen LogP contribution < -0.4 is 14.8 Å². The monoisotopic (exact) mass is 285 g/mol. The van der Waals surface area contributed by atoms with Gasteiger partial charge in [-0.3, -0.25) is 0 Å². The highest BCUT2D eigenvalue weighted by Crippen LogP contribution is 2.35. The third-order valence-corrected chi connectivity index (χ3v) is 3.73. The van der Waals surface area contributed by atoms with E-state index in [2.05, 4.69) is 29.6 Å². The van der Waals surface area contributed by atoms with E-state index in [0.29, 0.717) is 0 Å². The van der Waals surface area contributed by atoms with Gasteiger partial charge >= 0.3 is 0 Å². The molecular formula is C18H23NO2. The molecule has 1 unspecified atom stereocenters. The third-order valence-electron chi connectivity index (χ3n) is 3.73. The summed E-state index contributed by atoms with van der Waals surface area (Å²) in [6.07, 6.45) is 1.99. The molecule has 0 bridgehead atoms. The van der Waals surface area contributed by atoms with Crippen LogP contribution in [-0.2, 0) is 6.42 Å². The predicted molar refractivity (Wildman–Crippen MR) is 86.1 cm³/mol. The van der Waals surface area contributed by atoms with E-state index in [9.17, 15) is 0 Å². The first-order chi connectivity index (χ1) is 10.3. The fraction of sp³-hybridized carbons (Fsp3) is 0.333. The molecule has 3 nitrogen and oxygen atoms in total. The van der Waals surface area contributed by atoms with Crippen LogP contribution in [0.3, 0.4) is 0 Å². The number of nitrogens with one attached hydrogen (secondary N) is 1. The van der Waals surface area contributed by atoms with E-state index in [1.807, 2.05) is 31.3 Å². The van der Waals surface area contributed by atoms with Gasteiger partial charge in [0, 0.05) is 6.04 Å². The molecule has 0 fully saturated rings. The van der Waals surface area contributed by atoms with E-state index < -0.39 is 0 Å². The van der Waals surface area contributed by atoms with E-state index >= 15 is 0 Å². The maximum absolute atomic E-state index is 5.50. The summed E-state index contributed by atoms with van der Waals surface area (Å²) in [5.74, 6) is 1.73. The van der Waals surface area contributed by atoms with Gasteiger partial charge in [-0.1, -0.05) is 36.4 Å². The van der Waals surface area contributed by atoms with Crippen molar-refractivity contribution in [1.82, 2.24) is 5.32 Å². The van der Waals surface area contributed by atoms with E-state index in [4.69, 9.17) is 9.47 Å². The summed E-state index contributed by atoms with van der Waals surface area (Å²) >= 11 is 0. The normalized spacial score (nSPS) is 12.0. The molecule has 0 aliphatic heterocycles. The van der Waals surface area contributed by atoms with Crippen LogP contribution >= 0.6 is 0 Å². The summed E-state index contributed by atoms with van der Waals surface area (Å²) in [5.41, 5.74) is 2.42. The summed E-state index contributed by atoms with van der Waals surface area (Å²) in [6.45, 7) is 0. The molecular weight excluding hydrogens is 262 g/mol. The highest BCUT2D eigenvalue weighted by atomic mass is 16.5. The topological polar surface area (TPSA) is 30.5 Å². The highest BCUT2D eigenvalue weighted by molar-refractivity contribution is 5.47. The van der Waals surface area contributed by atoms with Crippen LogP contribution in [0.4, 0.5) is 0 Å². The quantitative estimate of drug-likeness (QED) is 0.843. The molecule has 0 aliphatic rings. The van der Waals surface area contributed by atoms with Crippen molar-refractivity contribution in [3.8, 4) is 11.5 Å². The zero-order valence-corrected chi connectivity index (χ0v) is 12.9. The van der Waals surface area contributed by atoms with Gasteiger partial charge in [0.15, 0.2) is 0 Å². The number of hydrogen-bond acceptors (Lipinski definition) is 3. The highest BCUT2D eigenvalue weighted by Gasteiger charge is 2.19. The summed E-state index contributed by atoms with van der Waals surface area (Å²) in [7, 11) is 5.37. The van der Waals surface area contributed by atoms with Crippen LogP contribution in [0.2, 0.25) is 0 Å². The largest absolute Gasteiger partial charge is 0.496 e. The zero-order valence-electron chi connectivity index (χ0n) is 12.9. The molecule has 1 N–H and O–H groups in total. The molecule has 2 rings (SSSR count). The predicted octanol–water partition coefficient (Wildman–Crippen LogP) is 3.60. The summed E-state index contributed by atoms with van der Waals surface area (Å²) < 4.78 is 11.0. The van der Waals surface area contributed by atoms with Gasteiger partial charge in [-0.05, 0) is 37.6 Å². The van der Waals surface area contributed by atoms with Gasteiger partial charge < -0.3 is 14.8 Å². The summed E-state index contributed by atoms with van der Waals surface area (Å²) in [6, 6.07) is 16.6. The molecule has 0 aliphatic carbocycles. The molecule has 1 atom stereocenters. The van der Waals surface area contributed by atoms with Crippen molar-refractivity contribution >= 4 is 0 Å². The Morgan fingerprint density at radius 3 is 2.05 bits per heavy atom. The minimum Gasteiger partial charge on any atom is -0.496 e. The number of methoxy groups -OCH3 is 2. The lowest BCUT2D eigenvalue weighted by Crippen LogP contribution is -2.19. The Bertz CT molecular complexity index is 532. The molecule has 0 amide bonds. The number of benzene rings is 2. The Balaban J connectivity index is 2.21. The SMILES string of the molecule is CNC(CCc1ccccc1)c1c(OC)cccc1OC. The van der Waals surface area contributed by atoms with Crippen molar-refractivity contribution in [1.29, 1.82) is 0 Å². The Hall–Kier alpha value is -2.00. The van der Waals surface area contributed by atoms with Crippen molar-refractivity contribution in [3.63, 3.8) is 0 Å². The Morgan fingerprint density at radius 2 is 1.52 bits per heavy atom. The minimum atomic E-state index is 0.191. The van der Waals surface area contributed by atoms with Crippen LogP contribution in [-0.4, -0.2) is 21.3 Å². The lowest BCUT2D eigenvalue weighted by Gasteiger charge is -2.22. The number of hydrogen-bond donors (Lipinski definition) is 1. The number of ether oxygens (including phenoxy) is 2. The second-order valence-corrected chi connectivity index (χ2v) is 4.94. The molecule has 2 aromatic rings. The second kappa shape index (κ2) is 7.70. The van der Waals surface area contributed by atoms with Crippen molar-refractivity contribution in [2.24, 2.45) is 0 Å². The Labute approximate surface area is 126 Å². The first-order valence-corrected chi connectivity index (χ1v) is 7.22. The smallest absolute Gasteiger partial charge is 0.127 e. The maximum atomic E-state index is 5.50. The fourth-order valence-electron chi connectivity index (χ4n) is 2.61. The summed E-state index contributed by atoms with van der Waals surface area (Å²) in [5, 5.41) is 3.38. The average molecular weight is 285 g/mol. The van der Waals surface area contributed by atoms with E-state index in [1.165, 1.54) is 5.56 Å². The number of rotatable bonds is 7. The average Bonchev–Trinajstić information content (AvgIpc) is 2.56. The van der Waals surface area contributed by atoms with Gasteiger partial charge in [-0.2, -0.15) is 0 Å². The van der Waals surface area contributed by atoms with Crippen LogP contribution in [0.15, 0.2) is 48.5 Å². The second-order valence-electron chi connectivity index (χ2n) is 4.94. The van der Waals surface area contributed by atoms with Gasteiger partial charge in [0.2, 0.25) is 0 Å². The van der Waals surface area contributed by atoms with Crippen LogP contribution in [0.1, 0.15) is 23.6 Å². The van der Waals surface area contributed by atoms with Gasteiger partial charge in [0.25, 0.3) is 0 Å². The van der Waals surface area contributed by atoms with Gasteiger partial charge in [-0.15, -0.1) is 0 Å². The minimum absolute atomic E-state index is 0.191. The number of aryl methyl sites for hydroxylation is 1. The molecule has 2 aromatic carbocycles. The first-order valence-electron chi connectivity index (χ1n) is 7.22. The molecule has 3 heteroatoms. The maximum Gasteiger partial charge on any atom is 0.127 e. The van der Waals surface area contributed by atoms with E-state index in [0.717, 1.165) is 29.9 Å². The third kappa shape index (κ3) is 3.76. The van der Waals surface area contributed by atoms with Gasteiger partial charge in [0.05, 0.1) is 19.8 Å². The Morgan fingerprint density at radius 1 is 0.905 bits per heavy atom. The zero-order chi connectivity index (χ0) is 15.1. The molecule has 0 radical (unpaired) electrons. The molecule has 0 spiro atoms. The van der Waals surface area contributed by atoms with Crippen LogP contribution in [0.25, 0.3) is 0 Å². The molecule has 0 heterocycles. The van der Waals surface area contributed by atoms with Crippen LogP contribution in [0.5, 0.6) is 11.5 Å². The van der Waals surface area contributed by atoms with Gasteiger partial charge in [-0.25, -0.2) is 0 Å². The van der Waals surface area contributed by atoms with E-state index in [1.54, 1.807) is 14.2 Å². The van der Waals surface area contributed by atoms with Crippen molar-refractivity contribution in [3.05, 3.63) is 59.7 Å². The van der Waals surface area contributed by atoms with Crippen LogP contribution in [0, 0.1) is 0 Å². The standard InChI is InChI=1S/C18H23NO2/c1-19-15(13-12-14-8-5-4-6-9-14)18-16(20-2)10-7-11-17(18)21-3/h4-11,15,19H,12-13H2,1-3H3. The lowest BCUT2D eigenvalue weighted by molar-refractivity contribution is 0.370. The Kier molecular flexibility index (Phi) is 5.64. The van der Waals surface area contributed by atoms with Crippen molar-refractivity contribution in [2.75, 3.05) is 21.3 Å². The van der Waals surface area contributed by atoms with Crippen molar-refractivity contribution < 1.29 is 9.47 Å². The van der Waals surface area contributed by atoms with Crippen molar-refractivity contribution in [2.45, 2.75) is 18.9 Å². The summed E-state index contributed by atoms with van der Waals surface area (Å²) in [4.78, 5) is 0. The molecule has 112 valence electrons. The fourth-order valence-corrected chi connectivity index (χ4v) is 2.61.